The summed E-state index contributed by atoms with van der Waals surface area (Å²) in [6.45, 7) is 5.66. The Kier molecular flexibility index (Phi) is 6.07. The van der Waals surface area contributed by atoms with Crippen molar-refractivity contribution in [3.8, 4) is 0 Å². The van der Waals surface area contributed by atoms with Crippen molar-refractivity contribution in [2.45, 2.75) is 32.9 Å². The predicted molar refractivity (Wildman–Crippen MR) is 75.1 cm³/mol. The maximum Gasteiger partial charge on any atom is 0.334 e. The van der Waals surface area contributed by atoms with Gasteiger partial charge in [-0.3, -0.25) is 4.84 Å². The molecule has 6 heteroatoms. The van der Waals surface area contributed by atoms with Crippen molar-refractivity contribution in [3.63, 3.8) is 0 Å². The van der Waals surface area contributed by atoms with E-state index in [1.165, 1.54) is 0 Å². The third-order valence-corrected chi connectivity index (χ3v) is 2.71. The zero-order valence-corrected chi connectivity index (χ0v) is 12.6. The molecule has 0 saturated heterocycles. The van der Waals surface area contributed by atoms with E-state index in [4.69, 9.17) is 32.8 Å². The third kappa shape index (κ3) is 6.78. The normalized spacial score (nSPS) is 11.4. The number of hydrogen-bond acceptors (Lipinski definition) is 4. The zero-order valence-electron chi connectivity index (χ0n) is 11.1. The molecule has 0 unspecified atom stereocenters. The van der Waals surface area contributed by atoms with Crippen molar-refractivity contribution in [2.24, 2.45) is 0 Å². The fraction of sp³-hybridized carbons (Fsp3) is 0.462. The van der Waals surface area contributed by atoms with E-state index in [-0.39, 0.29) is 6.61 Å². The van der Waals surface area contributed by atoms with E-state index in [0.29, 0.717) is 16.6 Å². The molecule has 0 fully saturated rings. The minimum atomic E-state index is -0.510. The largest absolute Gasteiger partial charge is 0.458 e. The van der Waals surface area contributed by atoms with E-state index in [9.17, 15) is 4.79 Å². The molecule has 0 aromatic heterocycles. The Hall–Kier alpha value is -0.810. The van der Waals surface area contributed by atoms with Crippen LogP contribution in [0.15, 0.2) is 18.2 Å². The summed E-state index contributed by atoms with van der Waals surface area (Å²) >= 11 is 11.7. The number of halogens is 2. The standard InChI is InChI=1S/C13H17Cl2NO3/c1-13(2,3)19-12(17)8-18-16-7-9-4-5-10(14)11(15)6-9/h4-6,16H,7-8H2,1-3H3. The van der Waals surface area contributed by atoms with Crippen LogP contribution < -0.4 is 5.48 Å². The lowest BCUT2D eigenvalue weighted by Gasteiger charge is -2.19. The molecule has 0 amide bonds. The van der Waals surface area contributed by atoms with Gasteiger partial charge in [-0.2, -0.15) is 5.48 Å². The van der Waals surface area contributed by atoms with Gasteiger partial charge in [0.2, 0.25) is 0 Å². The van der Waals surface area contributed by atoms with Gasteiger partial charge < -0.3 is 4.74 Å². The first kappa shape index (κ1) is 16.2. The summed E-state index contributed by atoms with van der Waals surface area (Å²) in [6.07, 6.45) is 0. The third-order valence-electron chi connectivity index (χ3n) is 1.97. The van der Waals surface area contributed by atoms with Crippen molar-refractivity contribution in [1.29, 1.82) is 0 Å². The van der Waals surface area contributed by atoms with Crippen molar-refractivity contribution in [2.75, 3.05) is 6.61 Å². The Labute approximate surface area is 122 Å². The number of rotatable bonds is 5. The molecule has 1 aromatic carbocycles. The van der Waals surface area contributed by atoms with Crippen LogP contribution in [0.1, 0.15) is 26.3 Å². The lowest BCUT2D eigenvalue weighted by atomic mass is 10.2. The van der Waals surface area contributed by atoms with Gasteiger partial charge in [0.25, 0.3) is 0 Å². The number of carbonyl (C=O) groups excluding carboxylic acids is 1. The molecule has 0 radical (unpaired) electrons. The molecule has 19 heavy (non-hydrogen) atoms. The summed E-state index contributed by atoms with van der Waals surface area (Å²) < 4.78 is 5.08. The van der Waals surface area contributed by atoms with Crippen LogP contribution in [-0.2, 0) is 20.9 Å². The van der Waals surface area contributed by atoms with Crippen LogP contribution in [0.25, 0.3) is 0 Å². The smallest absolute Gasteiger partial charge is 0.334 e. The van der Waals surface area contributed by atoms with Crippen LogP contribution >= 0.6 is 23.2 Å². The summed E-state index contributed by atoms with van der Waals surface area (Å²) in [5.74, 6) is -0.422. The molecule has 0 aliphatic carbocycles. The molecule has 1 rings (SSSR count). The summed E-state index contributed by atoms with van der Waals surface area (Å²) in [4.78, 5) is 16.4. The minimum Gasteiger partial charge on any atom is -0.458 e. The van der Waals surface area contributed by atoms with Crippen molar-refractivity contribution >= 4 is 29.2 Å². The average molecular weight is 306 g/mol. The van der Waals surface area contributed by atoms with Gasteiger partial charge >= 0.3 is 5.97 Å². The molecule has 4 nitrogen and oxygen atoms in total. The van der Waals surface area contributed by atoms with Gasteiger partial charge in [-0.05, 0) is 38.5 Å². The quantitative estimate of drug-likeness (QED) is 0.515. The van der Waals surface area contributed by atoms with Crippen LogP contribution in [0.2, 0.25) is 10.0 Å². The van der Waals surface area contributed by atoms with Gasteiger partial charge in [0, 0.05) is 6.54 Å². The lowest BCUT2D eigenvalue weighted by Crippen LogP contribution is -2.28. The number of esters is 1. The van der Waals surface area contributed by atoms with E-state index in [0.717, 1.165) is 5.56 Å². The molecule has 1 aromatic rings. The topological polar surface area (TPSA) is 47.6 Å². The predicted octanol–water partition coefficient (Wildman–Crippen LogP) is 3.36. The van der Waals surface area contributed by atoms with Crippen molar-refractivity contribution in [1.82, 2.24) is 5.48 Å². The second-order valence-electron chi connectivity index (χ2n) is 4.94. The maximum atomic E-state index is 11.3. The van der Waals surface area contributed by atoms with Gasteiger partial charge in [0.1, 0.15) is 5.60 Å². The van der Waals surface area contributed by atoms with Gasteiger partial charge in [-0.1, -0.05) is 29.3 Å². The first-order valence-electron chi connectivity index (χ1n) is 5.78. The molecule has 0 aliphatic heterocycles. The van der Waals surface area contributed by atoms with Crippen LogP contribution in [0.5, 0.6) is 0 Å². The van der Waals surface area contributed by atoms with Gasteiger partial charge in [-0.15, -0.1) is 0 Å². The molecule has 0 atom stereocenters. The monoisotopic (exact) mass is 305 g/mol. The molecule has 0 bridgehead atoms. The van der Waals surface area contributed by atoms with Crippen molar-refractivity contribution in [3.05, 3.63) is 33.8 Å². The van der Waals surface area contributed by atoms with Gasteiger partial charge in [0.15, 0.2) is 6.61 Å². The molecule has 0 spiro atoms. The number of benzene rings is 1. The van der Waals surface area contributed by atoms with Crippen LogP contribution in [0.3, 0.4) is 0 Å². The van der Waals surface area contributed by atoms with E-state index >= 15 is 0 Å². The summed E-state index contributed by atoms with van der Waals surface area (Å²) in [5.41, 5.74) is 3.05. The molecule has 0 heterocycles. The summed E-state index contributed by atoms with van der Waals surface area (Å²) in [6, 6.07) is 5.25. The number of ether oxygens (including phenoxy) is 1. The summed E-state index contributed by atoms with van der Waals surface area (Å²) in [5, 5.41) is 0.980. The number of hydrogen-bond donors (Lipinski definition) is 1. The van der Waals surface area contributed by atoms with Crippen LogP contribution in [0, 0.1) is 0 Å². The molecule has 0 aliphatic rings. The highest BCUT2D eigenvalue weighted by Gasteiger charge is 2.16. The Balaban J connectivity index is 2.27. The number of nitrogens with one attached hydrogen (secondary N) is 1. The SMILES string of the molecule is CC(C)(C)OC(=O)CONCc1ccc(Cl)c(Cl)c1. The molecule has 106 valence electrons. The Bertz CT molecular complexity index is 444. The van der Waals surface area contributed by atoms with Gasteiger partial charge in [0.05, 0.1) is 10.0 Å². The first-order chi connectivity index (χ1) is 8.78. The fourth-order valence-electron chi connectivity index (χ4n) is 1.26. The fourth-order valence-corrected chi connectivity index (χ4v) is 1.59. The zero-order chi connectivity index (χ0) is 14.5. The number of hydroxylamine groups is 1. The van der Waals surface area contributed by atoms with Gasteiger partial charge in [-0.25, -0.2) is 4.79 Å². The molecular formula is C13H17Cl2NO3. The highest BCUT2D eigenvalue weighted by Crippen LogP contribution is 2.22. The van der Waals surface area contributed by atoms with E-state index in [1.54, 1.807) is 32.9 Å². The van der Waals surface area contributed by atoms with Crippen LogP contribution in [0.4, 0.5) is 0 Å². The molecule has 0 saturated carbocycles. The Morgan fingerprint density at radius 3 is 2.53 bits per heavy atom. The molecule has 1 N–H and O–H groups in total. The van der Waals surface area contributed by atoms with Crippen molar-refractivity contribution < 1.29 is 14.4 Å². The maximum absolute atomic E-state index is 11.3. The summed E-state index contributed by atoms with van der Waals surface area (Å²) in [7, 11) is 0. The minimum absolute atomic E-state index is 0.154. The average Bonchev–Trinajstić information content (AvgIpc) is 2.27. The molecular weight excluding hydrogens is 289 g/mol. The second kappa shape index (κ2) is 7.10. The second-order valence-corrected chi connectivity index (χ2v) is 5.76. The number of carbonyl (C=O) groups is 1. The highest BCUT2D eigenvalue weighted by molar-refractivity contribution is 6.42. The first-order valence-corrected chi connectivity index (χ1v) is 6.54. The Morgan fingerprint density at radius 1 is 1.26 bits per heavy atom. The highest BCUT2D eigenvalue weighted by atomic mass is 35.5. The van der Waals surface area contributed by atoms with E-state index in [2.05, 4.69) is 5.48 Å². The Morgan fingerprint density at radius 2 is 1.95 bits per heavy atom. The lowest BCUT2D eigenvalue weighted by molar-refractivity contribution is -0.163. The van der Waals surface area contributed by atoms with E-state index < -0.39 is 11.6 Å². The van der Waals surface area contributed by atoms with Crippen LogP contribution in [-0.4, -0.2) is 18.2 Å². The van der Waals surface area contributed by atoms with E-state index in [1.807, 2.05) is 6.07 Å².